The Morgan fingerprint density at radius 1 is 1.03 bits per heavy atom. The summed E-state index contributed by atoms with van der Waals surface area (Å²) in [5.41, 5.74) is 7.68. The second kappa shape index (κ2) is 8.65. The predicted octanol–water partition coefficient (Wildman–Crippen LogP) is 4.15. The van der Waals surface area contributed by atoms with Gasteiger partial charge in [0.2, 0.25) is 11.8 Å². The summed E-state index contributed by atoms with van der Waals surface area (Å²) in [5, 5.41) is 5.64. The summed E-state index contributed by atoms with van der Waals surface area (Å²) in [6.45, 7) is 0.512. The lowest BCUT2D eigenvalue weighted by atomic mass is 9.85. The fraction of sp³-hybridized carbons (Fsp3) is 0.286. The Morgan fingerprint density at radius 2 is 1.72 bits per heavy atom. The zero-order chi connectivity index (χ0) is 25.0. The van der Waals surface area contributed by atoms with E-state index in [2.05, 4.69) is 27.9 Å². The van der Waals surface area contributed by atoms with Gasteiger partial charge in [0.15, 0.2) is 0 Å². The largest absolute Gasteiger partial charge is 0.591 e. The first-order valence-corrected chi connectivity index (χ1v) is 12.1. The first-order valence-electron chi connectivity index (χ1n) is 12.1. The van der Waals surface area contributed by atoms with Gasteiger partial charge in [0.25, 0.3) is 5.91 Å². The minimum absolute atomic E-state index is 0.127. The molecule has 4 atom stereocenters. The van der Waals surface area contributed by atoms with Crippen LogP contribution in [-0.2, 0) is 16.1 Å². The molecule has 1 N–H and O–H groups in total. The van der Waals surface area contributed by atoms with E-state index in [1.807, 2.05) is 38.4 Å². The molecule has 3 amide bonds. The summed E-state index contributed by atoms with van der Waals surface area (Å²) in [6.07, 6.45) is 6.77. The van der Waals surface area contributed by atoms with Crippen LogP contribution in [-0.4, -0.2) is 41.8 Å². The van der Waals surface area contributed by atoms with Crippen molar-refractivity contribution in [3.05, 3.63) is 83.4 Å². The fourth-order valence-electron chi connectivity index (χ4n) is 5.80. The maximum atomic E-state index is 13.1. The van der Waals surface area contributed by atoms with Gasteiger partial charge in [-0.05, 0) is 68.8 Å². The number of nitrogens with zero attached hydrogens (tertiary/aromatic N) is 4. The Hall–Kier alpha value is -3.88. The molecule has 2 aliphatic carbocycles. The minimum Gasteiger partial charge on any atom is -0.591 e. The van der Waals surface area contributed by atoms with Gasteiger partial charge in [-0.3, -0.25) is 24.3 Å². The van der Waals surface area contributed by atoms with E-state index >= 15 is 0 Å². The molecular formula is C28H26N5O3-. The molecule has 3 unspecified atom stereocenters. The number of rotatable bonds is 6. The molecule has 0 spiro atoms. The molecule has 1 aromatic heterocycles. The quantitative estimate of drug-likeness (QED) is 0.325. The predicted molar refractivity (Wildman–Crippen MR) is 137 cm³/mol. The van der Waals surface area contributed by atoms with Gasteiger partial charge in [0, 0.05) is 17.1 Å². The van der Waals surface area contributed by atoms with Crippen LogP contribution in [0.15, 0.2) is 66.9 Å². The third kappa shape index (κ3) is 3.61. The Bertz CT molecular complexity index is 1380. The van der Waals surface area contributed by atoms with E-state index in [0.717, 1.165) is 17.4 Å². The molecule has 8 nitrogen and oxygen atoms in total. The average Bonchev–Trinajstić information content (AvgIpc) is 3.56. The standard InChI is InChI=1S/C28H26N5O3/c1-32(2)30-15-19-12-13-29-25-21(19)4-3-5-22(25)31-26(34)16-8-10-20(11-9-16)33-27(35)23-17-6-7-18(14-17)24(23)28(33)36/h3-13,17-18,23-24H,14-15H2,1-2H3,(H,31,34)/q-1/t17?,18?,23-,24?/m0/s1. The second-order valence-electron chi connectivity index (χ2n) is 9.83. The number of anilines is 2. The zero-order valence-corrected chi connectivity index (χ0v) is 20.1. The van der Waals surface area contributed by atoms with E-state index in [9.17, 15) is 14.4 Å². The molecule has 3 aromatic rings. The number of imide groups is 1. The zero-order valence-electron chi connectivity index (χ0n) is 20.1. The maximum Gasteiger partial charge on any atom is 0.255 e. The first kappa shape index (κ1) is 22.6. The van der Waals surface area contributed by atoms with Crippen molar-refractivity contribution in [3.8, 4) is 0 Å². The lowest BCUT2D eigenvalue weighted by molar-refractivity contribution is -0.123. The Labute approximate surface area is 209 Å². The van der Waals surface area contributed by atoms with Crippen LogP contribution in [0.2, 0.25) is 0 Å². The highest BCUT2D eigenvalue weighted by atomic mass is 16.2. The van der Waals surface area contributed by atoms with E-state index < -0.39 is 0 Å². The fourth-order valence-corrected chi connectivity index (χ4v) is 5.80. The first-order chi connectivity index (χ1) is 17.4. The molecule has 2 fully saturated rings. The van der Waals surface area contributed by atoms with Crippen molar-refractivity contribution in [1.82, 2.24) is 9.99 Å². The van der Waals surface area contributed by atoms with Crippen LogP contribution in [0.25, 0.3) is 16.3 Å². The van der Waals surface area contributed by atoms with Crippen LogP contribution in [0.3, 0.4) is 0 Å². The van der Waals surface area contributed by atoms with Crippen LogP contribution in [0.4, 0.5) is 11.4 Å². The van der Waals surface area contributed by atoms with Gasteiger partial charge in [0.05, 0.1) is 28.7 Å². The van der Waals surface area contributed by atoms with Gasteiger partial charge in [-0.2, -0.15) is 0 Å². The van der Waals surface area contributed by atoms with Gasteiger partial charge in [-0.1, -0.05) is 29.8 Å². The van der Waals surface area contributed by atoms with Gasteiger partial charge in [-0.15, -0.1) is 6.54 Å². The highest BCUT2D eigenvalue weighted by Crippen LogP contribution is 2.53. The number of hydrogen-bond acceptors (Lipinski definition) is 5. The van der Waals surface area contributed by atoms with Crippen LogP contribution in [0.5, 0.6) is 0 Å². The monoisotopic (exact) mass is 480 g/mol. The highest BCUT2D eigenvalue weighted by molar-refractivity contribution is 6.23. The van der Waals surface area contributed by atoms with Gasteiger partial charge in [-0.25, -0.2) is 0 Å². The maximum absolute atomic E-state index is 13.1. The summed E-state index contributed by atoms with van der Waals surface area (Å²) in [4.78, 5) is 45.0. The van der Waals surface area contributed by atoms with Gasteiger partial charge >= 0.3 is 0 Å². The molecule has 3 aliphatic rings. The molecule has 36 heavy (non-hydrogen) atoms. The van der Waals surface area contributed by atoms with E-state index in [0.29, 0.717) is 29.0 Å². The summed E-state index contributed by atoms with van der Waals surface area (Å²) < 4.78 is 0. The van der Waals surface area contributed by atoms with Crippen molar-refractivity contribution < 1.29 is 14.4 Å². The molecule has 6 rings (SSSR count). The van der Waals surface area contributed by atoms with Crippen LogP contribution < -0.4 is 10.2 Å². The molecule has 8 heteroatoms. The number of aromatic nitrogens is 1. The molecule has 1 saturated heterocycles. The van der Waals surface area contributed by atoms with Crippen molar-refractivity contribution in [2.24, 2.45) is 23.7 Å². The molecule has 182 valence electrons. The summed E-state index contributed by atoms with van der Waals surface area (Å²) >= 11 is 0. The van der Waals surface area contributed by atoms with Crippen molar-refractivity contribution in [1.29, 1.82) is 0 Å². The topological polar surface area (TPSA) is 96.7 Å². The normalized spacial score (nSPS) is 24.2. The molecule has 2 heterocycles. The third-order valence-electron chi connectivity index (χ3n) is 7.49. The van der Waals surface area contributed by atoms with E-state index in [1.54, 1.807) is 35.5 Å². The van der Waals surface area contributed by atoms with Crippen molar-refractivity contribution in [3.63, 3.8) is 0 Å². The number of benzene rings is 2. The second-order valence-corrected chi connectivity index (χ2v) is 9.83. The number of carbonyl (C=O) groups excluding carboxylic acids is 3. The molecule has 0 radical (unpaired) electrons. The summed E-state index contributed by atoms with van der Waals surface area (Å²) in [7, 11) is 3.76. The minimum atomic E-state index is -0.294. The number of allylic oxidation sites excluding steroid dienone is 2. The number of fused-ring (bicyclic) bond motifs is 6. The molecule has 2 bridgehead atoms. The lowest BCUT2D eigenvalue weighted by Gasteiger charge is -2.29. The molecule has 1 aliphatic heterocycles. The van der Waals surface area contributed by atoms with Crippen molar-refractivity contribution >= 4 is 40.0 Å². The number of pyridine rings is 1. The number of nitrogens with one attached hydrogen (secondary N) is 1. The average molecular weight is 481 g/mol. The lowest BCUT2D eigenvalue weighted by Crippen LogP contribution is -2.32. The van der Waals surface area contributed by atoms with Crippen LogP contribution >= 0.6 is 0 Å². The Balaban J connectivity index is 1.21. The van der Waals surface area contributed by atoms with E-state index in [4.69, 9.17) is 0 Å². The summed E-state index contributed by atoms with van der Waals surface area (Å²) in [5.74, 6) is -0.710. The Kier molecular flexibility index (Phi) is 5.43. The van der Waals surface area contributed by atoms with Crippen molar-refractivity contribution in [2.75, 3.05) is 24.3 Å². The molecule has 1 saturated carbocycles. The SMILES string of the molecule is CN(C)[N-]Cc1ccnc2c(NC(=O)c3ccc(N4C(=O)C5C6C=CC(C6)[C@@H]5C4=O)cc3)cccc12. The van der Waals surface area contributed by atoms with Gasteiger partial charge in [0.1, 0.15) is 0 Å². The number of carbonyl (C=O) groups is 3. The third-order valence-corrected chi connectivity index (χ3v) is 7.49. The number of amides is 3. The molecular weight excluding hydrogens is 454 g/mol. The number of hydrogen-bond donors (Lipinski definition) is 1. The highest BCUT2D eigenvalue weighted by Gasteiger charge is 2.59. The number of para-hydroxylation sites is 1. The van der Waals surface area contributed by atoms with E-state index in [-0.39, 0.29) is 41.4 Å². The van der Waals surface area contributed by atoms with Crippen LogP contribution in [0, 0.1) is 23.7 Å². The Morgan fingerprint density at radius 3 is 2.39 bits per heavy atom. The molecule has 2 aromatic carbocycles. The smallest absolute Gasteiger partial charge is 0.255 e. The van der Waals surface area contributed by atoms with Gasteiger partial charge < -0.3 is 15.8 Å². The van der Waals surface area contributed by atoms with E-state index in [1.165, 1.54) is 4.90 Å². The van der Waals surface area contributed by atoms with Crippen LogP contribution in [0.1, 0.15) is 22.3 Å². The van der Waals surface area contributed by atoms with Crippen molar-refractivity contribution in [2.45, 2.75) is 13.0 Å². The summed E-state index contributed by atoms with van der Waals surface area (Å²) in [6, 6.07) is 14.2.